The molecule has 0 aromatic heterocycles. The van der Waals surface area contributed by atoms with Crippen LogP contribution in [0, 0.1) is 0 Å². The minimum Gasteiger partial charge on any atom is -0.497 e. The van der Waals surface area contributed by atoms with Crippen LogP contribution < -0.4 is 14.4 Å². The zero-order valence-corrected chi connectivity index (χ0v) is 16.0. The molecule has 2 aromatic carbocycles. The highest BCUT2D eigenvalue weighted by atomic mass is 32.2. The second kappa shape index (κ2) is 7.94. The van der Waals surface area contributed by atoms with Crippen molar-refractivity contribution in [3.05, 3.63) is 66.2 Å². The summed E-state index contributed by atoms with van der Waals surface area (Å²) >= 11 is 0. The lowest BCUT2D eigenvalue weighted by atomic mass is 10.0. The molecule has 1 amide bonds. The minimum absolute atomic E-state index is 0.115. The van der Waals surface area contributed by atoms with E-state index in [1.165, 1.54) is 18.2 Å². The number of aryl methyl sites for hydroxylation is 1. The fraction of sp³-hybridized carbons (Fsp3) is 0.250. The number of sulfonamides is 1. The first-order valence-corrected chi connectivity index (χ1v) is 10.1. The molecule has 142 valence electrons. The van der Waals surface area contributed by atoms with Gasteiger partial charge in [0.2, 0.25) is 10.0 Å². The van der Waals surface area contributed by atoms with Crippen molar-refractivity contribution in [2.75, 3.05) is 25.1 Å². The van der Waals surface area contributed by atoms with Crippen LogP contribution in [-0.4, -0.2) is 34.5 Å². The van der Waals surface area contributed by atoms with Crippen LogP contribution in [0.4, 0.5) is 5.69 Å². The Hall–Kier alpha value is -2.64. The van der Waals surface area contributed by atoms with E-state index in [-0.39, 0.29) is 17.3 Å². The zero-order valence-electron chi connectivity index (χ0n) is 15.1. The first kappa shape index (κ1) is 19.1. The van der Waals surface area contributed by atoms with Crippen LogP contribution in [0.5, 0.6) is 5.75 Å². The van der Waals surface area contributed by atoms with Crippen molar-refractivity contribution >= 4 is 21.6 Å². The van der Waals surface area contributed by atoms with Gasteiger partial charge in [0.15, 0.2) is 0 Å². The van der Waals surface area contributed by atoms with Gasteiger partial charge in [-0.25, -0.2) is 13.1 Å². The third-order valence-electron chi connectivity index (χ3n) is 4.48. The first-order chi connectivity index (χ1) is 13.0. The summed E-state index contributed by atoms with van der Waals surface area (Å²) in [6.45, 7) is 4.26. The number of hydrogen-bond donors (Lipinski definition) is 1. The van der Waals surface area contributed by atoms with Gasteiger partial charge in [0.25, 0.3) is 5.91 Å². The van der Waals surface area contributed by atoms with Gasteiger partial charge in [-0.15, -0.1) is 6.58 Å². The lowest BCUT2D eigenvalue weighted by Gasteiger charge is -2.30. The molecule has 1 aliphatic heterocycles. The summed E-state index contributed by atoms with van der Waals surface area (Å²) in [4.78, 5) is 14.8. The number of benzene rings is 2. The molecule has 0 unspecified atom stereocenters. The monoisotopic (exact) mass is 386 g/mol. The van der Waals surface area contributed by atoms with Crippen molar-refractivity contribution in [2.45, 2.75) is 17.7 Å². The van der Waals surface area contributed by atoms with Gasteiger partial charge in [-0.2, -0.15) is 0 Å². The number of anilines is 1. The molecule has 0 bridgehead atoms. The standard InChI is InChI=1S/C20H22N2O4S/c1-3-12-21-27(24,25)18-9-6-15(7-10-18)20(23)22-13-4-5-16-14-17(26-2)8-11-19(16)22/h3,6-11,14,21H,1,4-5,12-13H2,2H3. The highest BCUT2D eigenvalue weighted by Crippen LogP contribution is 2.31. The molecule has 0 fully saturated rings. The van der Waals surface area contributed by atoms with E-state index in [1.807, 2.05) is 18.2 Å². The number of methoxy groups -OCH3 is 1. The Bertz CT molecular complexity index is 952. The summed E-state index contributed by atoms with van der Waals surface area (Å²) in [5, 5.41) is 0. The number of fused-ring (bicyclic) bond motifs is 1. The van der Waals surface area contributed by atoms with Gasteiger partial charge in [-0.3, -0.25) is 4.79 Å². The highest BCUT2D eigenvalue weighted by Gasteiger charge is 2.24. The van der Waals surface area contributed by atoms with Crippen LogP contribution in [0.3, 0.4) is 0 Å². The van der Waals surface area contributed by atoms with Crippen LogP contribution in [0.25, 0.3) is 0 Å². The Kier molecular flexibility index (Phi) is 5.62. The molecular weight excluding hydrogens is 364 g/mol. The van der Waals surface area contributed by atoms with E-state index in [1.54, 1.807) is 24.1 Å². The predicted octanol–water partition coefficient (Wildman–Crippen LogP) is 2.75. The van der Waals surface area contributed by atoms with Gasteiger partial charge in [-0.1, -0.05) is 6.08 Å². The van der Waals surface area contributed by atoms with Crippen LogP contribution in [0.15, 0.2) is 60.0 Å². The Labute approximate surface area is 159 Å². The van der Waals surface area contributed by atoms with E-state index in [0.717, 1.165) is 29.8 Å². The van der Waals surface area contributed by atoms with Crippen molar-refractivity contribution in [2.24, 2.45) is 0 Å². The van der Waals surface area contributed by atoms with E-state index in [9.17, 15) is 13.2 Å². The maximum Gasteiger partial charge on any atom is 0.258 e. The van der Waals surface area contributed by atoms with E-state index < -0.39 is 10.0 Å². The summed E-state index contributed by atoms with van der Waals surface area (Å²) in [6.07, 6.45) is 3.23. The molecule has 1 heterocycles. The van der Waals surface area contributed by atoms with Crippen molar-refractivity contribution < 1.29 is 17.9 Å². The number of ether oxygens (including phenoxy) is 1. The van der Waals surface area contributed by atoms with Gasteiger partial charge in [0.05, 0.1) is 12.0 Å². The second-order valence-electron chi connectivity index (χ2n) is 6.22. The number of amides is 1. The minimum atomic E-state index is -3.61. The molecule has 2 aromatic rings. The fourth-order valence-electron chi connectivity index (χ4n) is 3.10. The average Bonchev–Trinajstić information content (AvgIpc) is 2.71. The van der Waals surface area contributed by atoms with Gasteiger partial charge < -0.3 is 9.64 Å². The van der Waals surface area contributed by atoms with Gasteiger partial charge >= 0.3 is 0 Å². The topological polar surface area (TPSA) is 75.7 Å². The smallest absolute Gasteiger partial charge is 0.258 e. The maximum absolute atomic E-state index is 13.0. The normalized spacial score (nSPS) is 13.7. The summed E-state index contributed by atoms with van der Waals surface area (Å²) in [6, 6.07) is 11.7. The van der Waals surface area contributed by atoms with E-state index in [4.69, 9.17) is 4.74 Å². The number of nitrogens with one attached hydrogen (secondary N) is 1. The third-order valence-corrected chi connectivity index (χ3v) is 5.92. The number of carbonyl (C=O) groups excluding carboxylic acids is 1. The maximum atomic E-state index is 13.0. The van der Waals surface area contributed by atoms with Crippen molar-refractivity contribution in [3.63, 3.8) is 0 Å². The Morgan fingerprint density at radius 2 is 2.00 bits per heavy atom. The lowest BCUT2D eigenvalue weighted by Crippen LogP contribution is -2.35. The second-order valence-corrected chi connectivity index (χ2v) is 7.99. The molecule has 7 heteroatoms. The molecule has 6 nitrogen and oxygen atoms in total. The number of rotatable bonds is 6. The largest absolute Gasteiger partial charge is 0.497 e. The molecule has 0 atom stereocenters. The SMILES string of the molecule is C=CCNS(=O)(=O)c1ccc(C(=O)N2CCCc3cc(OC)ccc32)cc1. The van der Waals surface area contributed by atoms with Crippen LogP contribution in [-0.2, 0) is 16.4 Å². The third kappa shape index (κ3) is 4.04. The molecule has 0 saturated heterocycles. The van der Waals surface area contributed by atoms with E-state index in [2.05, 4.69) is 11.3 Å². The summed E-state index contributed by atoms with van der Waals surface area (Å²) in [5.74, 6) is 0.619. The number of nitrogens with zero attached hydrogens (tertiary/aromatic N) is 1. The molecule has 0 spiro atoms. The van der Waals surface area contributed by atoms with Crippen LogP contribution in [0.1, 0.15) is 22.3 Å². The predicted molar refractivity (Wildman–Crippen MR) is 105 cm³/mol. The van der Waals surface area contributed by atoms with Crippen molar-refractivity contribution in [1.82, 2.24) is 4.72 Å². The molecule has 27 heavy (non-hydrogen) atoms. The Morgan fingerprint density at radius 1 is 1.26 bits per heavy atom. The van der Waals surface area contributed by atoms with Gasteiger partial charge in [0.1, 0.15) is 5.75 Å². The summed E-state index contributed by atoms with van der Waals surface area (Å²) in [5.41, 5.74) is 2.39. The summed E-state index contributed by atoms with van der Waals surface area (Å²) < 4.78 is 31.9. The molecular formula is C20H22N2O4S. The molecule has 0 radical (unpaired) electrons. The molecule has 1 aliphatic rings. The molecule has 0 aliphatic carbocycles. The van der Waals surface area contributed by atoms with Gasteiger partial charge in [0, 0.05) is 24.3 Å². The van der Waals surface area contributed by atoms with Crippen molar-refractivity contribution in [1.29, 1.82) is 0 Å². The zero-order chi connectivity index (χ0) is 19.4. The molecule has 1 N–H and O–H groups in total. The number of carbonyl (C=O) groups is 1. The summed E-state index contributed by atoms with van der Waals surface area (Å²) in [7, 11) is -1.99. The van der Waals surface area contributed by atoms with Crippen LogP contribution >= 0.6 is 0 Å². The lowest BCUT2D eigenvalue weighted by molar-refractivity contribution is 0.0985. The van der Waals surface area contributed by atoms with Crippen LogP contribution in [0.2, 0.25) is 0 Å². The Morgan fingerprint density at radius 3 is 2.67 bits per heavy atom. The van der Waals surface area contributed by atoms with Crippen molar-refractivity contribution in [3.8, 4) is 5.75 Å². The van der Waals surface area contributed by atoms with E-state index in [0.29, 0.717) is 12.1 Å². The quantitative estimate of drug-likeness (QED) is 0.775. The first-order valence-electron chi connectivity index (χ1n) is 8.65. The highest BCUT2D eigenvalue weighted by molar-refractivity contribution is 7.89. The average molecular weight is 386 g/mol. The van der Waals surface area contributed by atoms with Gasteiger partial charge in [-0.05, 0) is 60.9 Å². The fourth-order valence-corrected chi connectivity index (χ4v) is 4.09. The molecule has 3 rings (SSSR count). The van der Waals surface area contributed by atoms with E-state index >= 15 is 0 Å². The Balaban J connectivity index is 1.84. The molecule has 0 saturated carbocycles. The number of hydrogen-bond acceptors (Lipinski definition) is 4.